The van der Waals surface area contributed by atoms with E-state index in [1.165, 1.54) is 43.4 Å². The average Bonchev–Trinajstić information content (AvgIpc) is 3.09. The number of rotatable bonds is 3. The van der Waals surface area contributed by atoms with Crippen molar-refractivity contribution < 1.29 is 4.39 Å². The summed E-state index contributed by atoms with van der Waals surface area (Å²) in [5.74, 6) is 0.352. The van der Waals surface area contributed by atoms with E-state index in [1.807, 2.05) is 4.57 Å². The summed E-state index contributed by atoms with van der Waals surface area (Å²) in [5, 5.41) is 0. The van der Waals surface area contributed by atoms with Gasteiger partial charge < -0.3 is 9.88 Å². The van der Waals surface area contributed by atoms with Gasteiger partial charge in [-0.25, -0.2) is 9.18 Å². The van der Waals surface area contributed by atoms with Gasteiger partial charge in [-0.15, -0.1) is 0 Å². The number of aromatic nitrogens is 2. The highest BCUT2D eigenvalue weighted by atomic mass is 19.1. The van der Waals surface area contributed by atoms with Gasteiger partial charge >= 0.3 is 5.69 Å². The Morgan fingerprint density at radius 3 is 2.52 bits per heavy atom. The molecule has 2 fully saturated rings. The summed E-state index contributed by atoms with van der Waals surface area (Å²) in [6.07, 6.45) is 7.03. The molecule has 1 aliphatic carbocycles. The van der Waals surface area contributed by atoms with Crippen LogP contribution in [0, 0.1) is 5.82 Å². The van der Waals surface area contributed by atoms with E-state index in [-0.39, 0.29) is 17.5 Å². The molecule has 2 atom stereocenters. The van der Waals surface area contributed by atoms with Gasteiger partial charge in [0.15, 0.2) is 0 Å². The van der Waals surface area contributed by atoms with Crippen molar-refractivity contribution in [2.75, 3.05) is 13.1 Å². The van der Waals surface area contributed by atoms with Crippen LogP contribution in [0.4, 0.5) is 4.39 Å². The van der Waals surface area contributed by atoms with E-state index < -0.39 is 0 Å². The normalized spacial score (nSPS) is 24.2. The van der Waals surface area contributed by atoms with Crippen molar-refractivity contribution in [1.29, 1.82) is 0 Å². The van der Waals surface area contributed by atoms with Crippen LogP contribution in [0.25, 0.3) is 11.0 Å². The second kappa shape index (κ2) is 7.79. The predicted octanol–water partition coefficient (Wildman–Crippen LogP) is 4.83. The minimum absolute atomic E-state index is 0.120. The number of piperidine rings is 1. The minimum atomic E-state index is -0.314. The molecule has 2 aromatic carbocycles. The molecule has 4 nitrogen and oxygen atoms in total. The number of H-pyrrole nitrogens is 1. The van der Waals surface area contributed by atoms with Crippen LogP contribution in [0.2, 0.25) is 0 Å². The molecule has 29 heavy (non-hydrogen) atoms. The molecule has 1 saturated heterocycles. The Bertz CT molecular complexity index is 1030. The Hall–Kier alpha value is -2.40. The number of nitrogens with zero attached hydrogens (tertiary/aromatic N) is 2. The van der Waals surface area contributed by atoms with Gasteiger partial charge in [-0.1, -0.05) is 36.8 Å². The first kappa shape index (κ1) is 18.6. The highest BCUT2D eigenvalue weighted by Gasteiger charge is 2.31. The van der Waals surface area contributed by atoms with Crippen molar-refractivity contribution in [3.8, 4) is 0 Å². The standard InChI is InChI=1S/C24H28FN3O/c25-19-9-10-23-22(16-19)26-24(29)28(23)20-11-13-27(14-12-20)21-8-4-7-18(15-21)17-5-2-1-3-6-17/h1-3,5-6,9-10,16,18,20-21H,4,7-8,11-15H2,(H,26,29). The van der Waals surface area contributed by atoms with Crippen molar-refractivity contribution in [1.82, 2.24) is 14.5 Å². The van der Waals surface area contributed by atoms with Gasteiger partial charge in [-0.2, -0.15) is 0 Å². The molecule has 0 amide bonds. The Morgan fingerprint density at radius 1 is 0.931 bits per heavy atom. The number of hydrogen-bond donors (Lipinski definition) is 1. The number of likely N-dealkylation sites (tertiary alicyclic amines) is 1. The van der Waals surface area contributed by atoms with Crippen molar-refractivity contribution >= 4 is 11.0 Å². The highest BCUT2D eigenvalue weighted by Crippen LogP contribution is 2.37. The second-order valence-corrected chi connectivity index (χ2v) is 8.66. The molecule has 5 rings (SSSR count). The van der Waals surface area contributed by atoms with Gasteiger partial charge in [-0.3, -0.25) is 4.57 Å². The first-order valence-electron chi connectivity index (χ1n) is 10.9. The first-order chi connectivity index (χ1) is 14.2. The number of nitrogens with one attached hydrogen (secondary N) is 1. The largest absolute Gasteiger partial charge is 0.326 e. The number of imidazole rings is 1. The molecular weight excluding hydrogens is 365 g/mol. The zero-order chi connectivity index (χ0) is 19.8. The van der Waals surface area contributed by atoms with Crippen LogP contribution < -0.4 is 5.69 Å². The van der Waals surface area contributed by atoms with Crippen LogP contribution in [0.15, 0.2) is 53.3 Å². The fourth-order valence-electron chi connectivity index (χ4n) is 5.50. The molecule has 152 valence electrons. The number of hydrogen-bond acceptors (Lipinski definition) is 2. The van der Waals surface area contributed by atoms with E-state index in [4.69, 9.17) is 0 Å². The summed E-state index contributed by atoms with van der Waals surface area (Å²) in [5.41, 5.74) is 2.77. The second-order valence-electron chi connectivity index (χ2n) is 8.66. The van der Waals surface area contributed by atoms with Crippen LogP contribution in [-0.2, 0) is 0 Å². The van der Waals surface area contributed by atoms with Crippen LogP contribution in [0.1, 0.15) is 56.0 Å². The fraction of sp³-hybridized carbons (Fsp3) is 0.458. The van der Waals surface area contributed by atoms with Gasteiger partial charge in [0.2, 0.25) is 0 Å². The van der Waals surface area contributed by atoms with Crippen LogP contribution in [0.3, 0.4) is 0 Å². The summed E-state index contributed by atoms with van der Waals surface area (Å²) in [6.45, 7) is 2.05. The summed E-state index contributed by atoms with van der Waals surface area (Å²) >= 11 is 0. The molecule has 3 aromatic rings. The number of halogens is 1. The van der Waals surface area contributed by atoms with Gasteiger partial charge in [0.05, 0.1) is 11.0 Å². The molecule has 1 N–H and O–H groups in total. The Morgan fingerprint density at radius 2 is 1.72 bits per heavy atom. The van der Waals surface area contributed by atoms with E-state index in [0.29, 0.717) is 17.5 Å². The minimum Gasteiger partial charge on any atom is -0.305 e. The maximum Gasteiger partial charge on any atom is 0.326 e. The predicted molar refractivity (Wildman–Crippen MR) is 114 cm³/mol. The summed E-state index contributed by atoms with van der Waals surface area (Å²) < 4.78 is 15.3. The Labute approximate surface area is 170 Å². The number of benzene rings is 2. The zero-order valence-electron chi connectivity index (χ0n) is 16.7. The van der Waals surface area contributed by atoms with Crippen molar-refractivity contribution in [3.05, 3.63) is 70.4 Å². The third kappa shape index (κ3) is 3.64. The molecule has 1 aliphatic heterocycles. The molecule has 0 bridgehead atoms. The molecular formula is C24H28FN3O. The molecule has 1 saturated carbocycles. The number of fused-ring (bicyclic) bond motifs is 1. The molecule has 0 spiro atoms. The third-order valence-corrected chi connectivity index (χ3v) is 6.98. The van der Waals surface area contributed by atoms with E-state index in [2.05, 4.69) is 40.2 Å². The molecule has 5 heteroatoms. The van der Waals surface area contributed by atoms with Crippen molar-refractivity contribution in [2.24, 2.45) is 0 Å². The fourth-order valence-corrected chi connectivity index (χ4v) is 5.50. The lowest BCUT2D eigenvalue weighted by Crippen LogP contribution is -2.44. The summed E-state index contributed by atoms with van der Waals surface area (Å²) in [4.78, 5) is 18.0. The average molecular weight is 394 g/mol. The SMILES string of the molecule is O=c1[nH]c2cc(F)ccc2n1C1CCN(C2CCCC(c3ccccc3)C2)CC1. The van der Waals surface area contributed by atoms with Crippen LogP contribution in [-0.4, -0.2) is 33.6 Å². The van der Waals surface area contributed by atoms with E-state index in [0.717, 1.165) is 31.4 Å². The third-order valence-electron chi connectivity index (χ3n) is 6.98. The monoisotopic (exact) mass is 393 g/mol. The van der Waals surface area contributed by atoms with E-state index in [1.54, 1.807) is 6.07 Å². The van der Waals surface area contributed by atoms with E-state index >= 15 is 0 Å². The van der Waals surface area contributed by atoms with Crippen LogP contribution in [0.5, 0.6) is 0 Å². The Kier molecular flexibility index (Phi) is 5.00. The summed E-state index contributed by atoms with van der Waals surface area (Å²) in [7, 11) is 0. The lowest BCUT2D eigenvalue weighted by molar-refractivity contribution is 0.103. The molecule has 0 radical (unpaired) electrons. The van der Waals surface area contributed by atoms with Gasteiger partial charge in [0.25, 0.3) is 0 Å². The maximum atomic E-state index is 13.5. The molecule has 2 heterocycles. The van der Waals surface area contributed by atoms with Crippen molar-refractivity contribution in [2.45, 2.75) is 56.5 Å². The number of aromatic amines is 1. The topological polar surface area (TPSA) is 41.0 Å². The highest BCUT2D eigenvalue weighted by molar-refractivity contribution is 5.75. The quantitative estimate of drug-likeness (QED) is 0.692. The molecule has 1 aromatic heterocycles. The van der Waals surface area contributed by atoms with Gasteiger partial charge in [0.1, 0.15) is 5.82 Å². The van der Waals surface area contributed by atoms with Gasteiger partial charge in [-0.05, 0) is 61.8 Å². The lowest BCUT2D eigenvalue weighted by Gasteiger charge is -2.41. The molecule has 2 unspecified atom stereocenters. The lowest BCUT2D eigenvalue weighted by atomic mass is 9.80. The zero-order valence-corrected chi connectivity index (χ0v) is 16.7. The summed E-state index contributed by atoms with van der Waals surface area (Å²) in [6, 6.07) is 16.3. The van der Waals surface area contributed by atoms with Gasteiger partial charge in [0, 0.05) is 25.2 Å². The van der Waals surface area contributed by atoms with Crippen molar-refractivity contribution in [3.63, 3.8) is 0 Å². The van der Waals surface area contributed by atoms with Crippen LogP contribution >= 0.6 is 0 Å². The smallest absolute Gasteiger partial charge is 0.305 e. The maximum absolute atomic E-state index is 13.5. The Balaban J connectivity index is 1.27. The van der Waals surface area contributed by atoms with E-state index in [9.17, 15) is 9.18 Å². The first-order valence-corrected chi connectivity index (χ1v) is 10.9. The molecule has 2 aliphatic rings.